The molecule has 0 unspecified atom stereocenters. The molecule has 0 saturated heterocycles. The lowest BCUT2D eigenvalue weighted by Gasteiger charge is -2.13. The van der Waals surface area contributed by atoms with Crippen LogP contribution in [0.2, 0.25) is 0 Å². The molecule has 0 amide bonds. The molecule has 0 atom stereocenters. The molecule has 11 heteroatoms. The van der Waals surface area contributed by atoms with Gasteiger partial charge in [0.25, 0.3) is 0 Å². The van der Waals surface area contributed by atoms with E-state index in [4.69, 9.17) is 4.74 Å². The van der Waals surface area contributed by atoms with Gasteiger partial charge in [-0.3, -0.25) is 4.40 Å². The molecular weight excluding hydrogens is 509 g/mol. The van der Waals surface area contributed by atoms with E-state index in [1.807, 2.05) is 35.7 Å². The number of aromatic nitrogens is 3. The highest BCUT2D eigenvalue weighted by molar-refractivity contribution is 14.0. The molecule has 2 heterocycles. The van der Waals surface area contributed by atoms with Gasteiger partial charge < -0.3 is 20.1 Å². The first kappa shape index (κ1) is 23.6. The van der Waals surface area contributed by atoms with Crippen molar-refractivity contribution in [1.82, 2.24) is 25.2 Å². The Morgan fingerprint density at radius 1 is 1.20 bits per heavy atom. The second-order valence-corrected chi connectivity index (χ2v) is 5.95. The van der Waals surface area contributed by atoms with Crippen LogP contribution in [0, 0.1) is 0 Å². The number of guanidine groups is 1. The molecular formula is C19H23F2IN6O2. The Morgan fingerprint density at radius 3 is 2.77 bits per heavy atom. The number of fused-ring (bicyclic) bond motifs is 1. The lowest BCUT2D eigenvalue weighted by molar-refractivity contribution is -0.0505. The molecule has 2 N–H and O–H groups in total. The minimum Gasteiger partial charge on any atom is -0.497 e. The number of hydrogen-bond acceptors (Lipinski definition) is 5. The predicted molar refractivity (Wildman–Crippen MR) is 120 cm³/mol. The Hall–Kier alpha value is -2.70. The van der Waals surface area contributed by atoms with Crippen LogP contribution in [-0.2, 0) is 13.1 Å². The molecule has 0 radical (unpaired) electrons. The molecule has 0 aliphatic carbocycles. The molecule has 30 heavy (non-hydrogen) atoms. The van der Waals surface area contributed by atoms with Gasteiger partial charge in [0.05, 0.1) is 20.2 Å². The van der Waals surface area contributed by atoms with Crippen molar-refractivity contribution in [1.29, 1.82) is 0 Å². The lowest BCUT2D eigenvalue weighted by Crippen LogP contribution is -2.37. The fraction of sp³-hybridized carbons (Fsp3) is 0.316. The molecule has 0 fully saturated rings. The van der Waals surface area contributed by atoms with Crippen molar-refractivity contribution in [3.63, 3.8) is 0 Å². The smallest absolute Gasteiger partial charge is 0.387 e. The Balaban J connectivity index is 0.00000320. The topological polar surface area (TPSA) is 85.1 Å². The van der Waals surface area contributed by atoms with Crippen molar-refractivity contribution < 1.29 is 18.3 Å². The number of ether oxygens (including phenoxy) is 2. The van der Waals surface area contributed by atoms with Crippen molar-refractivity contribution in [2.45, 2.75) is 26.6 Å². The van der Waals surface area contributed by atoms with E-state index in [9.17, 15) is 8.78 Å². The van der Waals surface area contributed by atoms with Gasteiger partial charge in [0, 0.05) is 24.4 Å². The first-order valence-electron chi connectivity index (χ1n) is 9.03. The highest BCUT2D eigenvalue weighted by Gasteiger charge is 2.12. The molecule has 0 saturated carbocycles. The van der Waals surface area contributed by atoms with Gasteiger partial charge in [0.15, 0.2) is 17.4 Å². The quantitative estimate of drug-likeness (QED) is 0.264. The monoisotopic (exact) mass is 532 g/mol. The minimum atomic E-state index is -2.93. The number of rotatable bonds is 8. The molecule has 0 bridgehead atoms. The molecule has 2 aromatic heterocycles. The zero-order valence-corrected chi connectivity index (χ0v) is 18.8. The van der Waals surface area contributed by atoms with Crippen LogP contribution in [0.15, 0.2) is 47.6 Å². The van der Waals surface area contributed by atoms with Gasteiger partial charge in [-0.05, 0) is 31.2 Å². The third-order valence-electron chi connectivity index (χ3n) is 4.04. The van der Waals surface area contributed by atoms with Gasteiger partial charge in [0.2, 0.25) is 0 Å². The van der Waals surface area contributed by atoms with Crippen LogP contribution in [0.1, 0.15) is 18.3 Å². The van der Waals surface area contributed by atoms with Gasteiger partial charge >= 0.3 is 6.61 Å². The summed E-state index contributed by atoms with van der Waals surface area (Å²) in [7, 11) is 1.46. The fourth-order valence-electron chi connectivity index (χ4n) is 2.68. The summed E-state index contributed by atoms with van der Waals surface area (Å²) in [6, 6.07) is 10.4. The Kier molecular flexibility index (Phi) is 9.02. The maximum absolute atomic E-state index is 12.7. The molecule has 3 aromatic rings. The van der Waals surface area contributed by atoms with Gasteiger partial charge in [-0.15, -0.1) is 34.2 Å². The summed E-state index contributed by atoms with van der Waals surface area (Å²) in [6.07, 6.45) is 1.88. The van der Waals surface area contributed by atoms with Crippen LogP contribution in [0.25, 0.3) is 5.65 Å². The number of hydrogen-bond donors (Lipinski definition) is 2. The summed E-state index contributed by atoms with van der Waals surface area (Å²) in [5.41, 5.74) is 1.26. The van der Waals surface area contributed by atoms with E-state index < -0.39 is 6.61 Å². The van der Waals surface area contributed by atoms with Gasteiger partial charge in [-0.1, -0.05) is 6.07 Å². The van der Waals surface area contributed by atoms with Crippen molar-refractivity contribution in [3.8, 4) is 11.5 Å². The highest BCUT2D eigenvalue weighted by Crippen LogP contribution is 2.27. The Labute approximate surface area is 189 Å². The summed E-state index contributed by atoms with van der Waals surface area (Å²) in [6.45, 7) is 0.164. The van der Waals surface area contributed by atoms with Crippen LogP contribution in [0.3, 0.4) is 0 Å². The first-order valence-corrected chi connectivity index (χ1v) is 9.03. The van der Waals surface area contributed by atoms with E-state index >= 15 is 0 Å². The number of nitrogens with one attached hydrogen (secondary N) is 2. The van der Waals surface area contributed by atoms with E-state index in [-0.39, 0.29) is 36.3 Å². The number of pyridine rings is 1. The third-order valence-corrected chi connectivity index (χ3v) is 4.04. The maximum atomic E-state index is 12.7. The van der Waals surface area contributed by atoms with E-state index in [2.05, 4.69) is 30.6 Å². The normalized spacial score (nSPS) is 11.3. The molecule has 0 spiro atoms. The van der Waals surface area contributed by atoms with Crippen LogP contribution in [-0.4, -0.2) is 40.8 Å². The zero-order chi connectivity index (χ0) is 20.6. The average Bonchev–Trinajstić information content (AvgIpc) is 3.13. The van der Waals surface area contributed by atoms with Crippen LogP contribution >= 0.6 is 24.0 Å². The molecule has 8 nitrogen and oxygen atoms in total. The first-order chi connectivity index (χ1) is 14.1. The Morgan fingerprint density at radius 2 is 2.03 bits per heavy atom. The van der Waals surface area contributed by atoms with Gasteiger partial charge in [-0.25, -0.2) is 4.99 Å². The van der Waals surface area contributed by atoms with Crippen molar-refractivity contribution in [2.24, 2.45) is 4.99 Å². The maximum Gasteiger partial charge on any atom is 0.387 e. The summed E-state index contributed by atoms with van der Waals surface area (Å²) in [5.74, 6) is 1.69. The number of aliphatic imine (C=N–C) groups is 1. The van der Waals surface area contributed by atoms with Crippen LogP contribution in [0.4, 0.5) is 8.78 Å². The average molecular weight is 532 g/mol. The van der Waals surface area contributed by atoms with Crippen LogP contribution in [0.5, 0.6) is 11.5 Å². The SMILES string of the molecule is CCNC(=NCc1ccc(OC)cc1OC(F)F)NCc1nnc2ccccn12.I. The van der Waals surface area contributed by atoms with Gasteiger partial charge in [0.1, 0.15) is 11.5 Å². The van der Waals surface area contributed by atoms with Crippen molar-refractivity contribution in [2.75, 3.05) is 13.7 Å². The molecule has 1 aromatic carbocycles. The highest BCUT2D eigenvalue weighted by atomic mass is 127. The second-order valence-electron chi connectivity index (χ2n) is 5.95. The number of nitrogens with zero attached hydrogens (tertiary/aromatic N) is 4. The number of benzene rings is 1. The lowest BCUT2D eigenvalue weighted by atomic mass is 10.2. The summed E-state index contributed by atoms with van der Waals surface area (Å²) in [4.78, 5) is 4.46. The van der Waals surface area contributed by atoms with Gasteiger partial charge in [-0.2, -0.15) is 8.78 Å². The largest absolute Gasteiger partial charge is 0.497 e. The summed E-state index contributed by atoms with van der Waals surface area (Å²) >= 11 is 0. The molecule has 162 valence electrons. The Bertz CT molecular complexity index is 983. The fourth-order valence-corrected chi connectivity index (χ4v) is 2.68. The van der Waals surface area contributed by atoms with E-state index in [1.54, 1.807) is 12.1 Å². The number of halogens is 3. The number of methoxy groups -OCH3 is 1. The van der Waals surface area contributed by atoms with Crippen LogP contribution < -0.4 is 20.1 Å². The standard InChI is InChI=1S/C19H22F2N6O2.HI/c1-3-22-19(24-12-17-26-25-16-6-4-5-9-27(16)17)23-11-13-7-8-14(28-2)10-15(13)29-18(20)21;/h4-10,18H,3,11-12H2,1-2H3,(H2,22,23,24);1H. The predicted octanol–water partition coefficient (Wildman–Crippen LogP) is 3.21. The summed E-state index contributed by atoms with van der Waals surface area (Å²) < 4.78 is 37.0. The molecule has 0 aliphatic rings. The number of alkyl halides is 2. The van der Waals surface area contributed by atoms with Crippen molar-refractivity contribution >= 4 is 35.6 Å². The third kappa shape index (κ3) is 6.15. The minimum absolute atomic E-state index is 0. The van der Waals surface area contributed by atoms with E-state index in [0.717, 1.165) is 11.5 Å². The second kappa shape index (κ2) is 11.5. The van der Waals surface area contributed by atoms with Crippen molar-refractivity contribution in [3.05, 3.63) is 54.0 Å². The zero-order valence-electron chi connectivity index (χ0n) is 16.5. The molecule has 0 aliphatic heterocycles. The van der Waals surface area contributed by atoms with E-state index in [0.29, 0.717) is 30.4 Å². The molecule has 3 rings (SSSR count). The summed E-state index contributed by atoms with van der Waals surface area (Å²) in [5, 5.41) is 14.6. The van der Waals surface area contributed by atoms with E-state index in [1.165, 1.54) is 13.2 Å².